The molecule has 198 valence electrons. The van der Waals surface area contributed by atoms with Crippen LogP contribution >= 0.6 is 0 Å². The molecule has 0 saturated heterocycles. The molecule has 1 aliphatic rings. The summed E-state index contributed by atoms with van der Waals surface area (Å²) in [5.74, 6) is -4.43. The highest BCUT2D eigenvalue weighted by molar-refractivity contribution is 5.86. The SMILES string of the molecule is O=C(CCC1CCCC1)NC(c1ccc(F)c(F)c1)c1ccc2cccnc2c1O.O=C(O)C(F)(F)F. The van der Waals surface area contributed by atoms with E-state index >= 15 is 0 Å². The zero-order valence-corrected chi connectivity index (χ0v) is 19.6. The van der Waals surface area contributed by atoms with Crippen LogP contribution in [0.25, 0.3) is 10.9 Å². The van der Waals surface area contributed by atoms with Gasteiger partial charge in [-0.25, -0.2) is 13.6 Å². The van der Waals surface area contributed by atoms with Gasteiger partial charge < -0.3 is 15.5 Å². The topological polar surface area (TPSA) is 99.5 Å². The van der Waals surface area contributed by atoms with E-state index in [4.69, 9.17) is 9.90 Å². The van der Waals surface area contributed by atoms with E-state index in [1.807, 2.05) is 6.07 Å². The van der Waals surface area contributed by atoms with Crippen molar-refractivity contribution in [3.63, 3.8) is 0 Å². The number of aromatic nitrogens is 1. The number of halogens is 5. The van der Waals surface area contributed by atoms with Crippen molar-refractivity contribution in [3.8, 4) is 5.75 Å². The Balaban J connectivity index is 0.000000479. The Labute approximate surface area is 209 Å². The Kier molecular flexibility index (Phi) is 9.01. The van der Waals surface area contributed by atoms with Crippen LogP contribution in [0.4, 0.5) is 22.0 Å². The molecule has 3 N–H and O–H groups in total. The Morgan fingerprint density at radius 1 is 1.05 bits per heavy atom. The number of aliphatic carboxylic acids is 1. The molecule has 0 spiro atoms. The summed E-state index contributed by atoms with van der Waals surface area (Å²) < 4.78 is 59.2. The van der Waals surface area contributed by atoms with Crippen LogP contribution in [-0.4, -0.2) is 33.2 Å². The number of fused-ring (bicyclic) bond motifs is 1. The van der Waals surface area contributed by atoms with Crippen LogP contribution < -0.4 is 5.32 Å². The smallest absolute Gasteiger partial charge is 0.490 e. The number of hydrogen-bond donors (Lipinski definition) is 3. The molecule has 4 rings (SSSR count). The van der Waals surface area contributed by atoms with E-state index in [0.29, 0.717) is 29.0 Å². The third-order valence-corrected chi connectivity index (χ3v) is 6.17. The van der Waals surface area contributed by atoms with Gasteiger partial charge in [0.05, 0.1) is 6.04 Å². The van der Waals surface area contributed by atoms with Gasteiger partial charge in [0.2, 0.25) is 5.91 Å². The largest absolute Gasteiger partial charge is 0.505 e. The van der Waals surface area contributed by atoms with Crippen LogP contribution in [0.5, 0.6) is 5.75 Å². The molecule has 0 radical (unpaired) electrons. The van der Waals surface area contributed by atoms with Gasteiger partial charge in [0, 0.05) is 23.6 Å². The summed E-state index contributed by atoms with van der Waals surface area (Å²) in [6.45, 7) is 0. The van der Waals surface area contributed by atoms with E-state index in [1.54, 1.807) is 24.4 Å². The van der Waals surface area contributed by atoms with Gasteiger partial charge in [0.15, 0.2) is 11.6 Å². The standard InChI is InChI=1S/C24H24F2N2O2.C2HF3O2/c25-19-11-9-17(14-20(19)26)22(28-21(29)12-7-15-4-1-2-5-15)18-10-8-16-6-3-13-27-23(16)24(18)30;3-2(4,5)1(6)7/h3,6,8-11,13-15,22,30H,1-2,4-5,7,12H2,(H,28,29);(H,6,7). The first-order valence-electron chi connectivity index (χ1n) is 11.6. The predicted octanol–water partition coefficient (Wildman–Crippen LogP) is 6.03. The lowest BCUT2D eigenvalue weighted by molar-refractivity contribution is -0.192. The number of hydrogen-bond acceptors (Lipinski definition) is 4. The quantitative estimate of drug-likeness (QED) is 0.342. The van der Waals surface area contributed by atoms with Crippen molar-refractivity contribution < 1.29 is 41.8 Å². The highest BCUT2D eigenvalue weighted by Crippen LogP contribution is 2.35. The number of aromatic hydroxyl groups is 1. The molecule has 1 amide bonds. The Bertz CT molecular complexity index is 1260. The van der Waals surface area contributed by atoms with Gasteiger partial charge in [0.25, 0.3) is 0 Å². The Hall–Kier alpha value is -3.76. The van der Waals surface area contributed by atoms with E-state index in [2.05, 4.69) is 10.3 Å². The molecule has 1 aromatic heterocycles. The van der Waals surface area contributed by atoms with Crippen LogP contribution in [0.15, 0.2) is 48.7 Å². The molecule has 1 saturated carbocycles. The van der Waals surface area contributed by atoms with Crippen LogP contribution in [0.1, 0.15) is 55.7 Å². The van der Waals surface area contributed by atoms with Crippen molar-refractivity contribution in [1.82, 2.24) is 10.3 Å². The summed E-state index contributed by atoms with van der Waals surface area (Å²) in [5.41, 5.74) is 1.14. The molecule has 1 heterocycles. The van der Waals surface area contributed by atoms with Gasteiger partial charge in [-0.15, -0.1) is 0 Å². The molecule has 3 aromatic rings. The molecular formula is C26H25F5N2O4. The van der Waals surface area contributed by atoms with Gasteiger partial charge in [-0.05, 0) is 36.1 Å². The van der Waals surface area contributed by atoms with E-state index in [0.717, 1.165) is 36.8 Å². The van der Waals surface area contributed by atoms with Gasteiger partial charge in [0.1, 0.15) is 11.3 Å². The van der Waals surface area contributed by atoms with Gasteiger partial charge in [-0.2, -0.15) is 13.2 Å². The van der Waals surface area contributed by atoms with Gasteiger partial charge >= 0.3 is 12.1 Å². The molecule has 1 unspecified atom stereocenters. The number of carbonyl (C=O) groups excluding carboxylic acids is 1. The number of benzene rings is 2. The second-order valence-electron chi connectivity index (χ2n) is 8.74. The number of nitrogens with one attached hydrogen (secondary N) is 1. The molecule has 0 aliphatic heterocycles. The summed E-state index contributed by atoms with van der Waals surface area (Å²) in [5, 5.41) is 21.6. The average molecular weight is 524 g/mol. The number of carboxylic acids is 1. The second kappa shape index (κ2) is 12.0. The summed E-state index contributed by atoms with van der Waals surface area (Å²) >= 11 is 0. The van der Waals surface area contributed by atoms with Crippen LogP contribution in [0.3, 0.4) is 0 Å². The minimum absolute atomic E-state index is 0.0843. The zero-order valence-electron chi connectivity index (χ0n) is 19.6. The molecule has 37 heavy (non-hydrogen) atoms. The third-order valence-electron chi connectivity index (χ3n) is 6.17. The molecule has 0 bridgehead atoms. The number of carboxylic acid groups (broad SMARTS) is 1. The highest BCUT2D eigenvalue weighted by Gasteiger charge is 2.38. The fraction of sp³-hybridized carbons (Fsp3) is 0.346. The van der Waals surface area contributed by atoms with Crippen molar-refractivity contribution >= 4 is 22.8 Å². The van der Waals surface area contributed by atoms with E-state index in [9.17, 15) is 31.9 Å². The zero-order chi connectivity index (χ0) is 27.2. The number of phenols is 1. The maximum absolute atomic E-state index is 13.9. The lowest BCUT2D eigenvalue weighted by Crippen LogP contribution is -2.29. The number of carbonyl (C=O) groups is 2. The number of nitrogens with zero attached hydrogens (tertiary/aromatic N) is 1. The normalized spacial score (nSPS) is 14.6. The maximum atomic E-state index is 13.9. The maximum Gasteiger partial charge on any atom is 0.490 e. The van der Waals surface area contributed by atoms with Crippen molar-refractivity contribution in [2.24, 2.45) is 5.92 Å². The van der Waals surface area contributed by atoms with Gasteiger partial charge in [-0.3, -0.25) is 9.78 Å². The van der Waals surface area contributed by atoms with Crippen molar-refractivity contribution in [3.05, 3.63) is 71.4 Å². The minimum atomic E-state index is -5.08. The lowest BCUT2D eigenvalue weighted by Gasteiger charge is -2.22. The van der Waals surface area contributed by atoms with Gasteiger partial charge in [-0.1, -0.05) is 49.9 Å². The monoisotopic (exact) mass is 524 g/mol. The number of alkyl halides is 3. The van der Waals surface area contributed by atoms with Crippen molar-refractivity contribution in [1.29, 1.82) is 0 Å². The summed E-state index contributed by atoms with van der Waals surface area (Å²) in [6, 6.07) is 9.73. The molecule has 11 heteroatoms. The van der Waals surface area contributed by atoms with Crippen LogP contribution in [0.2, 0.25) is 0 Å². The molecular weight excluding hydrogens is 499 g/mol. The van der Waals surface area contributed by atoms with E-state index in [1.165, 1.54) is 18.9 Å². The number of amides is 1. The predicted molar refractivity (Wildman–Crippen MR) is 125 cm³/mol. The highest BCUT2D eigenvalue weighted by atomic mass is 19.4. The number of pyridine rings is 1. The third kappa shape index (κ3) is 7.37. The van der Waals surface area contributed by atoms with Crippen LogP contribution in [0, 0.1) is 17.6 Å². The van der Waals surface area contributed by atoms with Crippen molar-refractivity contribution in [2.75, 3.05) is 0 Å². The van der Waals surface area contributed by atoms with E-state index < -0.39 is 29.8 Å². The van der Waals surface area contributed by atoms with Crippen LogP contribution in [-0.2, 0) is 9.59 Å². The first-order chi connectivity index (χ1) is 17.5. The second-order valence-corrected chi connectivity index (χ2v) is 8.74. The Morgan fingerprint density at radius 2 is 1.73 bits per heavy atom. The first-order valence-corrected chi connectivity index (χ1v) is 11.6. The summed E-state index contributed by atoms with van der Waals surface area (Å²) in [6.07, 6.45) is 2.37. The van der Waals surface area contributed by atoms with Crippen molar-refractivity contribution in [2.45, 2.75) is 50.7 Å². The lowest BCUT2D eigenvalue weighted by atomic mass is 9.95. The number of rotatable bonds is 6. The first kappa shape index (κ1) is 27.8. The summed E-state index contributed by atoms with van der Waals surface area (Å²) in [7, 11) is 0. The average Bonchev–Trinajstić information content (AvgIpc) is 3.37. The molecule has 6 nitrogen and oxygen atoms in total. The number of phenolic OH excluding ortho intramolecular Hbond substituents is 1. The minimum Gasteiger partial charge on any atom is -0.505 e. The Morgan fingerprint density at radius 3 is 2.35 bits per heavy atom. The molecule has 2 aromatic carbocycles. The molecule has 1 fully saturated rings. The summed E-state index contributed by atoms with van der Waals surface area (Å²) in [4.78, 5) is 25.8. The fourth-order valence-electron chi connectivity index (χ4n) is 4.28. The fourth-order valence-corrected chi connectivity index (χ4v) is 4.28. The molecule has 1 aliphatic carbocycles. The molecule has 1 atom stereocenters. The van der Waals surface area contributed by atoms with E-state index in [-0.39, 0.29) is 11.7 Å².